The van der Waals surface area contributed by atoms with Crippen molar-refractivity contribution in [3.05, 3.63) is 12.7 Å². The topological polar surface area (TPSA) is 172 Å². The van der Waals surface area contributed by atoms with Crippen molar-refractivity contribution < 1.29 is 66.4 Å². The number of phosphoric ester groups is 1. The van der Waals surface area contributed by atoms with Crippen molar-refractivity contribution in [3.63, 3.8) is 0 Å². The molecule has 3 atom stereocenters. The molecule has 0 spiro atoms. The Hall–Kier alpha value is -0.425. The summed E-state index contributed by atoms with van der Waals surface area (Å²) in [5, 5.41) is 9.89. The molecule has 3 N–H and O–H groups in total. The van der Waals surface area contributed by atoms with Gasteiger partial charge in [-0.2, -0.15) is 0 Å². The van der Waals surface area contributed by atoms with Gasteiger partial charge >= 0.3 is 37.7 Å². The zero-order valence-electron chi connectivity index (χ0n) is 13.1. The van der Waals surface area contributed by atoms with Crippen LogP contribution >= 0.6 is 7.82 Å². The molecule has 0 aromatic carbocycles. The van der Waals surface area contributed by atoms with Crippen LogP contribution in [0, 0.1) is 0 Å². The number of aromatic nitrogens is 4. The largest absolute Gasteiger partial charge is 1.00 e. The van der Waals surface area contributed by atoms with Gasteiger partial charge in [-0.25, -0.2) is 15.0 Å². The summed E-state index contributed by atoms with van der Waals surface area (Å²) in [6, 6.07) is 0. The molecule has 0 saturated carbocycles. The Balaban J connectivity index is 0.00000144. The maximum absolute atomic E-state index is 10.5. The van der Waals surface area contributed by atoms with E-state index < -0.39 is 32.9 Å². The maximum atomic E-state index is 10.5. The molecule has 24 heavy (non-hydrogen) atoms. The van der Waals surface area contributed by atoms with E-state index in [9.17, 15) is 19.5 Å². The number of nitrogens with two attached hydrogens (primary N) is 1. The number of hydrogen-bond acceptors (Lipinski definition) is 10. The fourth-order valence-corrected chi connectivity index (χ4v) is 2.61. The molecule has 0 unspecified atom stereocenters. The minimum Gasteiger partial charge on any atom is -0.790 e. The zero-order chi connectivity index (χ0) is 15.9. The number of nitrogen functional groups attached to an aromatic ring is 1. The first-order valence-electron chi connectivity index (χ1n) is 6.28. The number of ether oxygens (including phenoxy) is 1. The summed E-state index contributed by atoms with van der Waals surface area (Å²) < 4.78 is 21.7. The predicted molar refractivity (Wildman–Crippen MR) is 67.8 cm³/mol. The van der Waals surface area contributed by atoms with E-state index in [1.54, 1.807) is 4.57 Å². The first kappa shape index (κ1) is 21.6. The van der Waals surface area contributed by atoms with E-state index in [4.69, 9.17) is 10.5 Å². The maximum Gasteiger partial charge on any atom is 1.00 e. The minimum atomic E-state index is -5.12. The van der Waals surface area contributed by atoms with E-state index in [0.717, 1.165) is 0 Å². The van der Waals surface area contributed by atoms with Crippen molar-refractivity contribution in [1.82, 2.24) is 19.5 Å². The second-order valence-corrected chi connectivity index (χ2v) is 5.91. The van der Waals surface area contributed by atoms with E-state index in [-0.39, 0.29) is 50.0 Å². The first-order chi connectivity index (χ1) is 10.3. The number of rotatable bonds is 4. The summed E-state index contributed by atoms with van der Waals surface area (Å²) in [4.78, 5) is 32.9. The molecule has 120 valence electrons. The zero-order valence-corrected chi connectivity index (χ0v) is 14.0. The summed E-state index contributed by atoms with van der Waals surface area (Å²) in [6.45, 7) is -0.550. The standard InChI is InChI=1S/C10H14N5O6P.2Li/c11-9-8-10(13-3-12-9)15(4-14-8)7-1-5(16)6(21-7)2-20-22(17,18)19;;/h3-7,16H,1-2H2,(H2,11,12,13)(H2,17,18,19);;/q;2*+1/p-2/t5-,6-,7-;;/m1../s1/i11+1,12+1,13+1,14+1,15+1;;. The molecule has 3 heterocycles. The van der Waals surface area contributed by atoms with Crippen LogP contribution in [0.3, 0.4) is 0 Å². The summed E-state index contributed by atoms with van der Waals surface area (Å²) in [6.07, 6.45) is 0.285. The summed E-state index contributed by atoms with van der Waals surface area (Å²) in [5.41, 5.74) is 6.49. The van der Waals surface area contributed by atoms with Gasteiger partial charge < -0.3 is 34.5 Å². The number of nitrogens with zero attached hydrogens (tertiary/aromatic N) is 4. The monoisotopic (exact) mass is 348 g/mol. The van der Waals surface area contributed by atoms with E-state index in [0.29, 0.717) is 11.2 Å². The molecule has 2 aromatic rings. The third kappa shape index (κ3) is 4.60. The molecular formula is C10H12Li2N5O6P. The summed E-state index contributed by atoms with van der Waals surface area (Å²) >= 11 is 0. The van der Waals surface area contributed by atoms with Crippen LogP contribution in [0.5, 0.6) is 0 Å². The van der Waals surface area contributed by atoms with Crippen molar-refractivity contribution in [3.8, 4) is 0 Å². The molecule has 14 heteroatoms. The van der Waals surface area contributed by atoms with Crippen LogP contribution in [0.25, 0.3) is 11.2 Å². The first-order valence-corrected chi connectivity index (χ1v) is 7.74. The van der Waals surface area contributed by atoms with Crippen molar-refractivity contribution >= 4 is 24.8 Å². The van der Waals surface area contributed by atoms with Gasteiger partial charge in [-0.15, -0.1) is 0 Å². The van der Waals surface area contributed by atoms with Crippen LogP contribution in [0.1, 0.15) is 12.6 Å². The van der Waals surface area contributed by atoms with Crippen molar-refractivity contribution in [2.45, 2.75) is 24.9 Å². The van der Waals surface area contributed by atoms with Crippen LogP contribution in [0.4, 0.5) is 5.82 Å². The van der Waals surface area contributed by atoms with Gasteiger partial charge in [-0.3, -0.25) is 4.57 Å². The van der Waals surface area contributed by atoms with Gasteiger partial charge in [0, 0.05) is 6.42 Å². The van der Waals surface area contributed by atoms with Gasteiger partial charge in [0.15, 0.2) is 11.5 Å². The second-order valence-electron chi connectivity index (χ2n) is 4.76. The number of hydrogen-bond donors (Lipinski definition) is 2. The van der Waals surface area contributed by atoms with Gasteiger partial charge in [0.05, 0.1) is 26.9 Å². The van der Waals surface area contributed by atoms with Crippen LogP contribution < -0.4 is 53.2 Å². The summed E-state index contributed by atoms with van der Waals surface area (Å²) in [7, 11) is -5.12. The third-order valence-electron chi connectivity index (χ3n) is 3.30. The van der Waals surface area contributed by atoms with E-state index in [1.807, 2.05) is 0 Å². The number of aliphatic hydroxyl groups excluding tert-OH is 1. The number of aliphatic hydroxyl groups is 1. The normalized spacial score (nSPS) is 23.7. The van der Waals surface area contributed by atoms with Gasteiger partial charge in [-0.05, 0) is 0 Å². The van der Waals surface area contributed by atoms with Crippen molar-refractivity contribution in [1.29, 1.82) is 0 Å². The Morgan fingerprint density at radius 2 is 2.12 bits per heavy atom. The van der Waals surface area contributed by atoms with Crippen LogP contribution in [0.2, 0.25) is 0 Å². The van der Waals surface area contributed by atoms with Gasteiger partial charge in [0.25, 0.3) is 0 Å². The van der Waals surface area contributed by atoms with E-state index in [2.05, 4.69) is 19.5 Å². The number of phosphoric acid groups is 1. The molecule has 2 aromatic heterocycles. The Bertz CT molecular complexity index is 742. The molecule has 0 radical (unpaired) electrons. The quantitative estimate of drug-likeness (QED) is 0.307. The number of anilines is 1. The Labute approximate surface area is 160 Å². The van der Waals surface area contributed by atoms with E-state index >= 15 is 0 Å². The van der Waals surface area contributed by atoms with Crippen molar-refractivity contribution in [2.75, 3.05) is 12.3 Å². The Morgan fingerprint density at radius 1 is 1.42 bits per heavy atom. The van der Waals surface area contributed by atoms with Gasteiger partial charge in [0.1, 0.15) is 24.2 Å². The Kier molecular flexibility index (Phi) is 7.48. The fraction of sp³-hybridized carbons (Fsp3) is 0.500. The van der Waals surface area contributed by atoms with Crippen LogP contribution in [-0.4, -0.2) is 43.4 Å². The third-order valence-corrected chi connectivity index (χ3v) is 3.76. The molecule has 0 aliphatic carbocycles. The minimum absolute atomic E-state index is 0. The molecule has 0 bridgehead atoms. The molecule has 1 aliphatic rings. The molecule has 3 rings (SSSR count). The van der Waals surface area contributed by atoms with E-state index in [1.165, 1.54) is 12.7 Å². The molecule has 11 nitrogen and oxygen atoms in total. The van der Waals surface area contributed by atoms with Crippen LogP contribution in [0.15, 0.2) is 12.7 Å². The average Bonchev–Trinajstić information content (AvgIpc) is 3.00. The second kappa shape index (κ2) is 8.30. The number of imidazole rings is 1. The van der Waals surface area contributed by atoms with Gasteiger partial charge in [0.2, 0.25) is 0 Å². The SMILES string of the molecule is [15NH2]c1[15n]c[15n]c2c1[15n]c[15n]2[C@H]1C[C@@H](O)[C@@H](COP(=O)([O-])[O-])O1.[Li+].[Li+]. The smallest absolute Gasteiger partial charge is 0.790 e. The number of fused-ring (bicyclic) bond motifs is 1. The molecule has 1 fully saturated rings. The fourth-order valence-electron chi connectivity index (χ4n) is 2.28. The average molecular weight is 348 g/mol. The van der Waals surface area contributed by atoms with Crippen LogP contribution in [-0.2, 0) is 13.8 Å². The molecule has 0 amide bonds. The predicted octanol–water partition coefficient (Wildman–Crippen LogP) is -8.09. The Morgan fingerprint density at radius 3 is 2.79 bits per heavy atom. The summed E-state index contributed by atoms with van der Waals surface area (Å²) in [5.74, 6) is 0.209. The molecular weight excluding hydrogens is 336 g/mol. The molecule has 1 aliphatic heterocycles. The van der Waals surface area contributed by atoms with Gasteiger partial charge in [-0.1, -0.05) is 0 Å². The molecule has 1 saturated heterocycles. The van der Waals surface area contributed by atoms with Crippen molar-refractivity contribution in [2.24, 2.45) is 0 Å².